The second kappa shape index (κ2) is 7.33. The number of H-pyrrole nitrogens is 2. The molecule has 4 N–H and O–H groups in total. The zero-order valence-electron chi connectivity index (χ0n) is 13.5. The van der Waals surface area contributed by atoms with Gasteiger partial charge in [-0.05, 0) is 37.0 Å². The molecule has 1 fully saturated rings. The lowest BCUT2D eigenvalue weighted by molar-refractivity contribution is -0.125. The minimum Gasteiger partial charge on any atom is -0.347 e. The number of hydrogen-bond donors (Lipinski definition) is 4. The first-order valence-electron chi connectivity index (χ1n) is 8.39. The van der Waals surface area contributed by atoms with Gasteiger partial charge in [-0.3, -0.25) is 9.59 Å². The van der Waals surface area contributed by atoms with Crippen molar-refractivity contribution in [1.82, 2.24) is 15.3 Å². The lowest BCUT2D eigenvalue weighted by atomic mass is 9.87. The molecule has 1 saturated carbocycles. The first-order valence-corrected chi connectivity index (χ1v) is 8.39. The minimum atomic E-state index is -0.288. The Morgan fingerprint density at radius 1 is 1.04 bits per heavy atom. The van der Waals surface area contributed by atoms with Gasteiger partial charge in [0, 0.05) is 12.1 Å². The van der Waals surface area contributed by atoms with Crippen LogP contribution in [0.15, 0.2) is 23.0 Å². The lowest BCUT2D eigenvalue weighted by Gasteiger charge is -2.20. The molecule has 0 radical (unpaired) electrons. The number of aromatic amines is 2. The van der Waals surface area contributed by atoms with Crippen LogP contribution in [0.2, 0.25) is 0 Å². The molecular formula is C17H22N4O3. The van der Waals surface area contributed by atoms with Crippen LogP contribution in [0.25, 0.3) is 11.0 Å². The normalized spacial score (nSPS) is 15.3. The number of rotatable bonds is 5. The van der Waals surface area contributed by atoms with Crippen molar-refractivity contribution in [3.63, 3.8) is 0 Å². The zero-order valence-corrected chi connectivity index (χ0v) is 13.5. The highest BCUT2D eigenvalue weighted by Gasteiger charge is 2.17. The van der Waals surface area contributed by atoms with E-state index < -0.39 is 0 Å². The van der Waals surface area contributed by atoms with Crippen molar-refractivity contribution in [3.05, 3.63) is 28.7 Å². The van der Waals surface area contributed by atoms with Crippen molar-refractivity contribution in [3.8, 4) is 0 Å². The minimum absolute atomic E-state index is 0.0484. The van der Waals surface area contributed by atoms with Gasteiger partial charge in [-0.25, -0.2) is 4.79 Å². The van der Waals surface area contributed by atoms with E-state index in [4.69, 9.17) is 0 Å². The highest BCUT2D eigenvalue weighted by Crippen LogP contribution is 2.26. The molecule has 128 valence electrons. The van der Waals surface area contributed by atoms with Crippen LogP contribution in [0.4, 0.5) is 5.69 Å². The van der Waals surface area contributed by atoms with Crippen molar-refractivity contribution >= 4 is 28.5 Å². The maximum atomic E-state index is 11.9. The third kappa shape index (κ3) is 4.24. The summed E-state index contributed by atoms with van der Waals surface area (Å²) in [7, 11) is 0. The molecular weight excluding hydrogens is 308 g/mol. The number of imidazole rings is 1. The third-order valence-corrected chi connectivity index (χ3v) is 4.44. The standard InChI is InChI=1S/C17H22N4O3/c22-15(8-11-4-2-1-3-5-11)18-10-16(23)19-12-6-7-13-14(9-12)21-17(24)20-13/h6-7,9,11H,1-5,8,10H2,(H,18,22)(H,19,23)(H2,20,21,24). The molecule has 0 atom stereocenters. The second-order valence-electron chi connectivity index (χ2n) is 6.37. The molecule has 7 heteroatoms. The summed E-state index contributed by atoms with van der Waals surface area (Å²) in [4.78, 5) is 40.3. The Balaban J connectivity index is 1.47. The highest BCUT2D eigenvalue weighted by molar-refractivity contribution is 5.96. The van der Waals surface area contributed by atoms with Crippen molar-refractivity contribution in [2.24, 2.45) is 5.92 Å². The largest absolute Gasteiger partial charge is 0.347 e. The van der Waals surface area contributed by atoms with E-state index in [0.29, 0.717) is 29.1 Å². The maximum absolute atomic E-state index is 11.9. The SMILES string of the molecule is O=C(CC1CCCCC1)NCC(=O)Nc1ccc2[nH]c(=O)[nH]c2c1. The van der Waals surface area contributed by atoms with Crippen LogP contribution in [0.3, 0.4) is 0 Å². The summed E-state index contributed by atoms with van der Waals surface area (Å²) in [6.45, 7) is -0.0484. The van der Waals surface area contributed by atoms with E-state index in [-0.39, 0.29) is 24.0 Å². The molecule has 0 bridgehead atoms. The van der Waals surface area contributed by atoms with Gasteiger partial charge in [0.25, 0.3) is 0 Å². The van der Waals surface area contributed by atoms with E-state index in [1.54, 1.807) is 18.2 Å². The van der Waals surface area contributed by atoms with Gasteiger partial charge in [-0.2, -0.15) is 0 Å². The quantitative estimate of drug-likeness (QED) is 0.672. The van der Waals surface area contributed by atoms with Gasteiger partial charge in [-0.15, -0.1) is 0 Å². The summed E-state index contributed by atoms with van der Waals surface area (Å²) < 4.78 is 0. The number of aromatic nitrogens is 2. The average molecular weight is 330 g/mol. The Morgan fingerprint density at radius 3 is 2.58 bits per heavy atom. The Bertz CT molecular complexity index is 786. The number of amides is 2. The molecule has 0 saturated heterocycles. The van der Waals surface area contributed by atoms with E-state index in [0.717, 1.165) is 12.8 Å². The first-order chi connectivity index (χ1) is 11.6. The number of nitrogens with one attached hydrogen (secondary N) is 4. The molecule has 0 spiro atoms. The van der Waals surface area contributed by atoms with E-state index in [2.05, 4.69) is 20.6 Å². The first kappa shape index (κ1) is 16.3. The molecule has 2 aromatic rings. The Kier molecular flexibility index (Phi) is 4.98. The second-order valence-corrected chi connectivity index (χ2v) is 6.37. The van der Waals surface area contributed by atoms with Gasteiger partial charge in [0.05, 0.1) is 17.6 Å². The molecule has 1 aliphatic carbocycles. The van der Waals surface area contributed by atoms with Crippen LogP contribution in [0, 0.1) is 5.92 Å². The molecule has 1 aliphatic rings. The fraction of sp³-hybridized carbons (Fsp3) is 0.471. The van der Waals surface area contributed by atoms with Crippen LogP contribution in [-0.2, 0) is 9.59 Å². The van der Waals surface area contributed by atoms with E-state index in [9.17, 15) is 14.4 Å². The summed E-state index contributed by atoms with van der Waals surface area (Å²) in [6.07, 6.45) is 6.37. The molecule has 1 aromatic heterocycles. The maximum Gasteiger partial charge on any atom is 0.323 e. The summed E-state index contributed by atoms with van der Waals surface area (Å²) in [6, 6.07) is 5.09. The fourth-order valence-corrected chi connectivity index (χ4v) is 3.22. The number of carbonyl (C=O) groups is 2. The monoisotopic (exact) mass is 330 g/mol. The lowest BCUT2D eigenvalue weighted by Crippen LogP contribution is -2.34. The van der Waals surface area contributed by atoms with E-state index in [1.165, 1.54) is 19.3 Å². The summed E-state index contributed by atoms with van der Waals surface area (Å²) in [5, 5.41) is 5.39. The number of benzene rings is 1. The highest BCUT2D eigenvalue weighted by atomic mass is 16.2. The van der Waals surface area contributed by atoms with Crippen LogP contribution in [0.5, 0.6) is 0 Å². The predicted octanol–water partition coefficient (Wildman–Crippen LogP) is 1.88. The molecule has 24 heavy (non-hydrogen) atoms. The molecule has 3 rings (SSSR count). The zero-order chi connectivity index (χ0) is 16.9. The van der Waals surface area contributed by atoms with Gasteiger partial charge in [0.2, 0.25) is 11.8 Å². The van der Waals surface area contributed by atoms with Crippen molar-refractivity contribution in [1.29, 1.82) is 0 Å². The topological polar surface area (TPSA) is 107 Å². The van der Waals surface area contributed by atoms with Gasteiger partial charge in [-0.1, -0.05) is 19.3 Å². The van der Waals surface area contributed by atoms with Crippen LogP contribution < -0.4 is 16.3 Å². The molecule has 1 heterocycles. The van der Waals surface area contributed by atoms with Crippen LogP contribution >= 0.6 is 0 Å². The predicted molar refractivity (Wildman–Crippen MR) is 91.8 cm³/mol. The summed E-state index contributed by atoms with van der Waals surface area (Å²) in [5.41, 5.74) is 1.59. The molecule has 1 aromatic carbocycles. The van der Waals surface area contributed by atoms with Gasteiger partial charge in [0.1, 0.15) is 0 Å². The van der Waals surface area contributed by atoms with Crippen molar-refractivity contribution in [2.45, 2.75) is 38.5 Å². The van der Waals surface area contributed by atoms with Crippen LogP contribution in [-0.4, -0.2) is 28.3 Å². The average Bonchev–Trinajstić information content (AvgIpc) is 2.93. The smallest absolute Gasteiger partial charge is 0.323 e. The number of fused-ring (bicyclic) bond motifs is 1. The Hall–Kier alpha value is -2.57. The number of hydrogen-bond acceptors (Lipinski definition) is 3. The molecule has 2 amide bonds. The van der Waals surface area contributed by atoms with Gasteiger partial charge in [0.15, 0.2) is 0 Å². The number of anilines is 1. The molecule has 0 aliphatic heterocycles. The Morgan fingerprint density at radius 2 is 1.79 bits per heavy atom. The Labute approximate surface area is 139 Å². The van der Waals surface area contributed by atoms with E-state index in [1.807, 2.05) is 0 Å². The van der Waals surface area contributed by atoms with Crippen molar-refractivity contribution < 1.29 is 9.59 Å². The van der Waals surface area contributed by atoms with E-state index >= 15 is 0 Å². The third-order valence-electron chi connectivity index (χ3n) is 4.44. The van der Waals surface area contributed by atoms with Gasteiger partial charge < -0.3 is 20.6 Å². The molecule has 0 unspecified atom stereocenters. The molecule has 7 nitrogen and oxygen atoms in total. The van der Waals surface area contributed by atoms with Crippen LogP contribution in [0.1, 0.15) is 38.5 Å². The summed E-state index contributed by atoms with van der Waals surface area (Å²) >= 11 is 0. The van der Waals surface area contributed by atoms with Crippen molar-refractivity contribution in [2.75, 3.05) is 11.9 Å². The fourth-order valence-electron chi connectivity index (χ4n) is 3.22. The summed E-state index contributed by atoms with van der Waals surface area (Å²) in [5.74, 6) is 0.0985. The number of carbonyl (C=O) groups excluding carboxylic acids is 2. The van der Waals surface area contributed by atoms with Gasteiger partial charge >= 0.3 is 5.69 Å².